The molecule has 0 saturated carbocycles. The molecule has 1 aromatic carbocycles. The van der Waals surface area contributed by atoms with Crippen molar-refractivity contribution in [3.63, 3.8) is 0 Å². The summed E-state index contributed by atoms with van der Waals surface area (Å²) in [5.41, 5.74) is 0.709. The highest BCUT2D eigenvalue weighted by Crippen LogP contribution is 2.31. The van der Waals surface area contributed by atoms with Crippen LogP contribution in [0, 0.1) is 0 Å². The van der Waals surface area contributed by atoms with Gasteiger partial charge in [0.05, 0.1) is 31.2 Å². The van der Waals surface area contributed by atoms with Crippen molar-refractivity contribution < 1.29 is 13.9 Å². The Morgan fingerprint density at radius 2 is 2.27 bits per heavy atom. The number of benzene rings is 1. The van der Waals surface area contributed by atoms with Crippen LogP contribution in [0.3, 0.4) is 0 Å². The molecule has 2 heterocycles. The molecule has 0 atom stereocenters. The quantitative estimate of drug-likeness (QED) is 0.620. The standard InChI is InChI=1S/C17H17ClN4O3S/c1-22(9-12-4-3-7-25-12)15(23)10-26-17-19-16(20-21-17)13-8-11(18)5-6-14(13)24-2/h3-8H,9-10H2,1-2H3,(H,19,20,21). The molecule has 136 valence electrons. The fourth-order valence-corrected chi connectivity index (χ4v) is 3.17. The number of H-pyrrole nitrogens is 1. The van der Waals surface area contributed by atoms with Crippen molar-refractivity contribution in [2.75, 3.05) is 19.9 Å². The lowest BCUT2D eigenvalue weighted by Crippen LogP contribution is -2.27. The maximum atomic E-state index is 12.2. The monoisotopic (exact) mass is 392 g/mol. The number of ether oxygens (including phenoxy) is 1. The number of amides is 1. The molecule has 0 fully saturated rings. The SMILES string of the molecule is COc1ccc(Cl)cc1-c1nc(SCC(=O)N(C)Cc2ccco2)n[nH]1. The Bertz CT molecular complexity index is 882. The minimum absolute atomic E-state index is 0.0434. The number of methoxy groups -OCH3 is 1. The number of thioether (sulfide) groups is 1. The highest BCUT2D eigenvalue weighted by Gasteiger charge is 2.15. The van der Waals surface area contributed by atoms with Gasteiger partial charge in [-0.1, -0.05) is 23.4 Å². The Hall–Kier alpha value is -2.45. The number of hydrogen-bond acceptors (Lipinski definition) is 6. The van der Waals surface area contributed by atoms with Gasteiger partial charge in [-0.2, -0.15) is 0 Å². The van der Waals surface area contributed by atoms with Gasteiger partial charge in [-0.3, -0.25) is 9.89 Å². The Morgan fingerprint density at radius 3 is 3.00 bits per heavy atom. The fourth-order valence-electron chi connectivity index (χ4n) is 2.26. The molecule has 0 unspecified atom stereocenters. The first-order valence-electron chi connectivity index (χ1n) is 7.72. The molecule has 3 aromatic rings. The van der Waals surface area contributed by atoms with Gasteiger partial charge in [0.1, 0.15) is 11.5 Å². The molecule has 0 aliphatic heterocycles. The van der Waals surface area contributed by atoms with Crippen molar-refractivity contribution in [3.8, 4) is 17.1 Å². The molecule has 26 heavy (non-hydrogen) atoms. The highest BCUT2D eigenvalue weighted by atomic mass is 35.5. The topological polar surface area (TPSA) is 84.2 Å². The first kappa shape index (κ1) is 18.3. The largest absolute Gasteiger partial charge is 0.496 e. The lowest BCUT2D eigenvalue weighted by molar-refractivity contribution is -0.127. The van der Waals surface area contributed by atoms with Crippen molar-refractivity contribution in [1.82, 2.24) is 20.1 Å². The van der Waals surface area contributed by atoms with Crippen LogP contribution < -0.4 is 4.74 Å². The molecule has 2 aromatic heterocycles. The van der Waals surface area contributed by atoms with E-state index in [2.05, 4.69) is 15.2 Å². The second-order valence-electron chi connectivity index (χ2n) is 5.43. The molecule has 1 amide bonds. The molecular formula is C17H17ClN4O3S. The third-order valence-corrected chi connectivity index (χ3v) is 4.67. The second-order valence-corrected chi connectivity index (χ2v) is 6.81. The number of aromatic amines is 1. The van der Waals surface area contributed by atoms with E-state index in [1.54, 1.807) is 49.6 Å². The molecule has 0 saturated heterocycles. The van der Waals surface area contributed by atoms with E-state index in [1.807, 2.05) is 6.07 Å². The van der Waals surface area contributed by atoms with E-state index in [1.165, 1.54) is 11.8 Å². The number of nitrogens with one attached hydrogen (secondary N) is 1. The van der Waals surface area contributed by atoms with Crippen LogP contribution in [-0.2, 0) is 11.3 Å². The van der Waals surface area contributed by atoms with Crippen LogP contribution in [0.25, 0.3) is 11.4 Å². The Balaban J connectivity index is 1.62. The van der Waals surface area contributed by atoms with Crippen LogP contribution in [0.2, 0.25) is 5.02 Å². The van der Waals surface area contributed by atoms with Gasteiger partial charge in [-0.15, -0.1) is 5.10 Å². The summed E-state index contributed by atoms with van der Waals surface area (Å²) in [4.78, 5) is 18.2. The molecule has 3 rings (SSSR count). The molecule has 0 spiro atoms. The summed E-state index contributed by atoms with van der Waals surface area (Å²) < 4.78 is 10.6. The lowest BCUT2D eigenvalue weighted by atomic mass is 10.2. The normalized spacial score (nSPS) is 10.7. The first-order chi connectivity index (χ1) is 12.6. The smallest absolute Gasteiger partial charge is 0.233 e. The summed E-state index contributed by atoms with van der Waals surface area (Å²) in [6.45, 7) is 0.422. The molecule has 0 aliphatic rings. The number of carbonyl (C=O) groups is 1. The van der Waals surface area contributed by atoms with Gasteiger partial charge in [-0.25, -0.2) is 4.98 Å². The molecular weight excluding hydrogens is 376 g/mol. The maximum absolute atomic E-state index is 12.2. The predicted octanol–water partition coefficient (Wildman–Crippen LogP) is 3.48. The van der Waals surface area contributed by atoms with Gasteiger partial charge >= 0.3 is 0 Å². The number of halogens is 1. The van der Waals surface area contributed by atoms with Crippen LogP contribution in [0.1, 0.15) is 5.76 Å². The van der Waals surface area contributed by atoms with Crippen LogP contribution in [0.5, 0.6) is 5.75 Å². The molecule has 7 nitrogen and oxygen atoms in total. The van der Waals surface area contributed by atoms with Crippen molar-refractivity contribution in [1.29, 1.82) is 0 Å². The number of nitrogens with zero attached hydrogens (tertiary/aromatic N) is 3. The zero-order chi connectivity index (χ0) is 18.5. The number of rotatable bonds is 7. The third-order valence-electron chi connectivity index (χ3n) is 3.61. The Labute approximate surface area is 159 Å². The highest BCUT2D eigenvalue weighted by molar-refractivity contribution is 7.99. The van der Waals surface area contributed by atoms with Gasteiger partial charge in [0.25, 0.3) is 0 Å². The van der Waals surface area contributed by atoms with Crippen molar-refractivity contribution in [3.05, 3.63) is 47.4 Å². The minimum atomic E-state index is -0.0434. The summed E-state index contributed by atoms with van der Waals surface area (Å²) in [5.74, 6) is 2.08. The van der Waals surface area contributed by atoms with Crippen LogP contribution >= 0.6 is 23.4 Å². The van der Waals surface area contributed by atoms with E-state index in [-0.39, 0.29) is 11.7 Å². The van der Waals surface area contributed by atoms with Crippen LogP contribution in [0.15, 0.2) is 46.2 Å². The molecule has 1 N–H and O–H groups in total. The van der Waals surface area contributed by atoms with Gasteiger partial charge < -0.3 is 14.1 Å². The third kappa shape index (κ3) is 4.39. The van der Waals surface area contributed by atoms with Gasteiger partial charge in [0.15, 0.2) is 5.82 Å². The van der Waals surface area contributed by atoms with Crippen molar-refractivity contribution in [2.24, 2.45) is 0 Å². The van der Waals surface area contributed by atoms with Gasteiger partial charge in [-0.05, 0) is 30.3 Å². The van der Waals surface area contributed by atoms with Gasteiger partial charge in [0, 0.05) is 12.1 Å². The van der Waals surface area contributed by atoms with Gasteiger partial charge in [0.2, 0.25) is 11.1 Å². The number of furan rings is 1. The summed E-state index contributed by atoms with van der Waals surface area (Å²) >= 11 is 7.30. The molecule has 0 bridgehead atoms. The van der Waals surface area contributed by atoms with E-state index < -0.39 is 0 Å². The summed E-state index contributed by atoms with van der Waals surface area (Å²) in [6.07, 6.45) is 1.59. The predicted molar refractivity (Wildman–Crippen MR) is 99.3 cm³/mol. The zero-order valence-corrected chi connectivity index (χ0v) is 15.8. The molecule has 0 aliphatic carbocycles. The summed E-state index contributed by atoms with van der Waals surface area (Å²) in [6, 6.07) is 8.87. The molecule has 9 heteroatoms. The zero-order valence-electron chi connectivity index (χ0n) is 14.2. The van der Waals surface area contributed by atoms with Crippen LogP contribution in [-0.4, -0.2) is 45.9 Å². The van der Waals surface area contributed by atoms with Crippen LogP contribution in [0.4, 0.5) is 0 Å². The van der Waals surface area contributed by atoms with E-state index in [0.29, 0.717) is 33.9 Å². The second kappa shape index (κ2) is 8.29. The van der Waals surface area contributed by atoms with E-state index in [0.717, 1.165) is 5.76 Å². The fraction of sp³-hybridized carbons (Fsp3) is 0.235. The average Bonchev–Trinajstić information content (AvgIpc) is 3.31. The van der Waals surface area contributed by atoms with Crippen molar-refractivity contribution in [2.45, 2.75) is 11.7 Å². The number of aromatic nitrogens is 3. The summed E-state index contributed by atoms with van der Waals surface area (Å²) in [5, 5.41) is 8.04. The average molecular weight is 393 g/mol. The lowest BCUT2D eigenvalue weighted by Gasteiger charge is -2.14. The Kier molecular flexibility index (Phi) is 5.85. The first-order valence-corrected chi connectivity index (χ1v) is 9.08. The van der Waals surface area contributed by atoms with Crippen molar-refractivity contribution >= 4 is 29.3 Å². The summed E-state index contributed by atoms with van der Waals surface area (Å²) in [7, 11) is 3.30. The minimum Gasteiger partial charge on any atom is -0.496 e. The van der Waals surface area contributed by atoms with E-state index >= 15 is 0 Å². The van der Waals surface area contributed by atoms with E-state index in [4.69, 9.17) is 20.8 Å². The Morgan fingerprint density at radius 1 is 1.42 bits per heavy atom. The molecule has 0 radical (unpaired) electrons. The van der Waals surface area contributed by atoms with E-state index in [9.17, 15) is 4.79 Å². The number of carbonyl (C=O) groups excluding carboxylic acids is 1. The maximum Gasteiger partial charge on any atom is 0.233 e. The number of hydrogen-bond donors (Lipinski definition) is 1.